The first-order valence-corrected chi connectivity index (χ1v) is 12.4. The molecule has 0 aliphatic carbocycles. The lowest BCUT2D eigenvalue weighted by molar-refractivity contribution is -0.134. The van der Waals surface area contributed by atoms with Crippen molar-refractivity contribution in [2.45, 2.75) is 18.9 Å². The number of halogens is 1. The maximum Gasteiger partial charge on any atom is 0.254 e. The SMILES string of the molecule is COCCCN(CC(=O)N1CCc2sccc2C1c1ccc(OC)cc1)C(=O)c1ccc(F)cc1. The number of ether oxygens (including phenoxy) is 2. The summed E-state index contributed by atoms with van der Waals surface area (Å²) in [7, 11) is 3.22. The average Bonchev–Trinajstić information content (AvgIpc) is 3.37. The van der Waals surface area contributed by atoms with E-state index in [0.717, 1.165) is 23.3 Å². The first kappa shape index (κ1) is 24.9. The van der Waals surface area contributed by atoms with Crippen LogP contribution in [0.5, 0.6) is 5.75 Å². The van der Waals surface area contributed by atoms with Gasteiger partial charge < -0.3 is 19.3 Å². The summed E-state index contributed by atoms with van der Waals surface area (Å²) >= 11 is 1.70. The fourth-order valence-corrected chi connectivity index (χ4v) is 5.32. The molecular weight excluding hydrogens is 467 g/mol. The van der Waals surface area contributed by atoms with Crippen LogP contribution in [0, 0.1) is 5.82 Å². The second-order valence-corrected chi connectivity index (χ2v) is 9.39. The van der Waals surface area contributed by atoms with E-state index in [9.17, 15) is 14.0 Å². The lowest BCUT2D eigenvalue weighted by Gasteiger charge is -2.37. The Hall–Kier alpha value is -3.23. The Kier molecular flexibility index (Phi) is 8.15. The van der Waals surface area contributed by atoms with Crippen LogP contribution in [0.3, 0.4) is 0 Å². The summed E-state index contributed by atoms with van der Waals surface area (Å²) in [5.41, 5.74) is 2.46. The molecule has 1 atom stereocenters. The molecular formula is C27H29FN2O4S. The van der Waals surface area contributed by atoms with E-state index in [-0.39, 0.29) is 24.4 Å². The van der Waals surface area contributed by atoms with Crippen molar-refractivity contribution in [1.29, 1.82) is 0 Å². The van der Waals surface area contributed by atoms with Crippen molar-refractivity contribution in [3.05, 3.63) is 87.4 Å². The number of methoxy groups -OCH3 is 2. The third-order valence-corrected chi connectivity index (χ3v) is 7.20. The van der Waals surface area contributed by atoms with E-state index in [0.29, 0.717) is 31.7 Å². The zero-order valence-electron chi connectivity index (χ0n) is 19.9. The number of rotatable bonds is 9. The molecule has 0 bridgehead atoms. The Bertz CT molecular complexity index is 1150. The van der Waals surface area contributed by atoms with Crippen LogP contribution in [0.4, 0.5) is 4.39 Å². The van der Waals surface area contributed by atoms with Gasteiger partial charge in [-0.2, -0.15) is 0 Å². The zero-order valence-corrected chi connectivity index (χ0v) is 20.7. The summed E-state index contributed by atoms with van der Waals surface area (Å²) in [6.07, 6.45) is 1.37. The van der Waals surface area contributed by atoms with Gasteiger partial charge in [0.2, 0.25) is 5.91 Å². The fraction of sp³-hybridized carbons (Fsp3) is 0.333. The third kappa shape index (κ3) is 5.71. The first-order chi connectivity index (χ1) is 17.0. The minimum absolute atomic E-state index is 0.0634. The molecule has 0 fully saturated rings. The van der Waals surface area contributed by atoms with Crippen LogP contribution in [0.1, 0.15) is 38.8 Å². The van der Waals surface area contributed by atoms with Gasteiger partial charge in [0.05, 0.1) is 13.2 Å². The molecule has 6 nitrogen and oxygen atoms in total. The summed E-state index contributed by atoms with van der Waals surface area (Å²) in [4.78, 5) is 31.6. The molecule has 1 unspecified atom stereocenters. The summed E-state index contributed by atoms with van der Waals surface area (Å²) in [5.74, 6) is -0.0906. The van der Waals surface area contributed by atoms with Crippen molar-refractivity contribution in [3.63, 3.8) is 0 Å². The highest BCUT2D eigenvalue weighted by Gasteiger charge is 2.34. The molecule has 2 aromatic carbocycles. The van der Waals surface area contributed by atoms with Gasteiger partial charge in [-0.25, -0.2) is 4.39 Å². The smallest absolute Gasteiger partial charge is 0.254 e. The van der Waals surface area contributed by atoms with Crippen LogP contribution in [-0.2, 0) is 16.0 Å². The number of hydrogen-bond acceptors (Lipinski definition) is 5. The molecule has 4 rings (SSSR count). The summed E-state index contributed by atoms with van der Waals surface area (Å²) in [5, 5.41) is 2.06. The standard InChI is InChI=1S/C27H29FN2O4S/c1-33-16-3-14-29(27(32)20-4-8-21(28)9-5-20)18-25(31)30-15-12-24-23(13-17-35-24)26(30)19-6-10-22(34-2)11-7-19/h4-11,13,17,26H,3,12,14-16,18H2,1-2H3. The topological polar surface area (TPSA) is 59.1 Å². The van der Waals surface area contributed by atoms with E-state index in [1.807, 2.05) is 29.2 Å². The zero-order chi connectivity index (χ0) is 24.8. The van der Waals surface area contributed by atoms with E-state index in [2.05, 4.69) is 11.4 Å². The molecule has 2 amide bonds. The van der Waals surface area contributed by atoms with Gasteiger partial charge in [0, 0.05) is 37.2 Å². The second kappa shape index (κ2) is 11.5. The number of thiophene rings is 1. The monoisotopic (exact) mass is 496 g/mol. The molecule has 1 aliphatic rings. The van der Waals surface area contributed by atoms with Crippen molar-refractivity contribution in [2.75, 3.05) is 40.5 Å². The maximum absolute atomic E-state index is 13.7. The fourth-order valence-electron chi connectivity index (χ4n) is 4.41. The van der Waals surface area contributed by atoms with Crippen molar-refractivity contribution in [3.8, 4) is 5.75 Å². The van der Waals surface area contributed by atoms with Gasteiger partial charge in [0.25, 0.3) is 5.91 Å². The van der Waals surface area contributed by atoms with E-state index >= 15 is 0 Å². The number of nitrogens with zero attached hydrogens (tertiary/aromatic N) is 2. The minimum Gasteiger partial charge on any atom is -0.497 e. The van der Waals surface area contributed by atoms with Crippen molar-refractivity contribution in [2.24, 2.45) is 0 Å². The van der Waals surface area contributed by atoms with Crippen LogP contribution in [0.25, 0.3) is 0 Å². The van der Waals surface area contributed by atoms with Gasteiger partial charge in [-0.3, -0.25) is 9.59 Å². The quantitative estimate of drug-likeness (QED) is 0.408. The van der Waals surface area contributed by atoms with Crippen molar-refractivity contribution < 1.29 is 23.5 Å². The largest absolute Gasteiger partial charge is 0.497 e. The summed E-state index contributed by atoms with van der Waals surface area (Å²) < 4.78 is 23.8. The molecule has 1 aromatic heterocycles. The van der Waals surface area contributed by atoms with Gasteiger partial charge in [-0.15, -0.1) is 11.3 Å². The van der Waals surface area contributed by atoms with E-state index < -0.39 is 5.82 Å². The molecule has 0 N–H and O–H groups in total. The molecule has 3 aromatic rings. The van der Waals surface area contributed by atoms with Gasteiger partial charge >= 0.3 is 0 Å². The van der Waals surface area contributed by atoms with Crippen LogP contribution >= 0.6 is 11.3 Å². The number of carbonyl (C=O) groups is 2. The molecule has 0 saturated carbocycles. The van der Waals surface area contributed by atoms with Crippen molar-refractivity contribution in [1.82, 2.24) is 9.80 Å². The molecule has 0 radical (unpaired) electrons. The lowest BCUT2D eigenvalue weighted by atomic mass is 9.93. The normalized spacial score (nSPS) is 14.9. The van der Waals surface area contributed by atoms with Gasteiger partial charge in [0.15, 0.2) is 0 Å². The van der Waals surface area contributed by atoms with Gasteiger partial charge in [-0.1, -0.05) is 12.1 Å². The highest BCUT2D eigenvalue weighted by Crippen LogP contribution is 2.38. The van der Waals surface area contributed by atoms with E-state index in [1.54, 1.807) is 25.6 Å². The highest BCUT2D eigenvalue weighted by molar-refractivity contribution is 7.10. The molecule has 1 aliphatic heterocycles. The molecule has 35 heavy (non-hydrogen) atoms. The average molecular weight is 497 g/mol. The Morgan fingerprint density at radius 3 is 2.51 bits per heavy atom. The van der Waals surface area contributed by atoms with Crippen LogP contribution in [0.15, 0.2) is 60.0 Å². The minimum atomic E-state index is -0.411. The molecule has 0 saturated heterocycles. The summed E-state index contributed by atoms with van der Waals surface area (Å²) in [6, 6.07) is 15.0. The van der Waals surface area contributed by atoms with E-state index in [4.69, 9.17) is 9.47 Å². The second-order valence-electron chi connectivity index (χ2n) is 8.39. The Morgan fingerprint density at radius 2 is 1.83 bits per heavy atom. The summed E-state index contributed by atoms with van der Waals surface area (Å²) in [6.45, 7) is 1.34. The van der Waals surface area contributed by atoms with Crippen molar-refractivity contribution >= 4 is 23.2 Å². The third-order valence-electron chi connectivity index (χ3n) is 6.20. The number of hydrogen-bond donors (Lipinski definition) is 0. The predicted molar refractivity (Wildman–Crippen MR) is 133 cm³/mol. The first-order valence-electron chi connectivity index (χ1n) is 11.5. The maximum atomic E-state index is 13.7. The Balaban J connectivity index is 1.59. The van der Waals surface area contributed by atoms with Crippen LogP contribution < -0.4 is 4.74 Å². The molecule has 184 valence electrons. The predicted octanol–water partition coefficient (Wildman–Crippen LogP) is 4.55. The molecule has 0 spiro atoms. The van der Waals surface area contributed by atoms with Crippen LogP contribution in [-0.4, -0.2) is 62.1 Å². The number of fused-ring (bicyclic) bond motifs is 1. The number of carbonyl (C=O) groups excluding carboxylic acids is 2. The van der Waals surface area contributed by atoms with Crippen LogP contribution in [0.2, 0.25) is 0 Å². The van der Waals surface area contributed by atoms with Gasteiger partial charge in [-0.05, 0) is 71.8 Å². The Morgan fingerprint density at radius 1 is 1.09 bits per heavy atom. The van der Waals surface area contributed by atoms with E-state index in [1.165, 1.54) is 34.0 Å². The lowest BCUT2D eigenvalue weighted by Crippen LogP contribution is -2.47. The Labute approximate surface area is 208 Å². The highest BCUT2D eigenvalue weighted by atomic mass is 32.1. The van der Waals surface area contributed by atoms with Gasteiger partial charge in [0.1, 0.15) is 18.1 Å². The number of amides is 2. The number of benzene rings is 2. The molecule has 2 heterocycles. The molecule has 8 heteroatoms.